The number of methoxy groups -OCH3 is 1. The Morgan fingerprint density at radius 3 is 2.80 bits per heavy atom. The minimum atomic E-state index is -0.521. The molecule has 2 atom stereocenters. The second-order valence-electron chi connectivity index (χ2n) is 5.28. The zero-order valence-corrected chi connectivity index (χ0v) is 12.2. The molecule has 2 unspecified atom stereocenters. The molecule has 0 aromatic heterocycles. The molecule has 0 spiro atoms. The lowest BCUT2D eigenvalue weighted by Gasteiger charge is -2.37. The molecule has 0 radical (unpaired) electrons. The summed E-state index contributed by atoms with van der Waals surface area (Å²) in [5.74, 6) is 0.817. The summed E-state index contributed by atoms with van der Waals surface area (Å²) in [6.45, 7) is 2.78. The third kappa shape index (κ3) is 3.43. The highest BCUT2D eigenvalue weighted by Crippen LogP contribution is 2.30. The van der Waals surface area contributed by atoms with Gasteiger partial charge in [0.15, 0.2) is 0 Å². The van der Waals surface area contributed by atoms with Crippen LogP contribution in [-0.2, 0) is 4.74 Å². The van der Waals surface area contributed by atoms with Gasteiger partial charge >= 0.3 is 0 Å². The van der Waals surface area contributed by atoms with Gasteiger partial charge in [-0.3, -0.25) is 0 Å². The smallest absolute Gasteiger partial charge is 0.130 e. The average Bonchev–Trinajstić information content (AvgIpc) is 2.49. The van der Waals surface area contributed by atoms with Crippen molar-refractivity contribution in [3.8, 4) is 11.8 Å². The fraction of sp³-hybridized carbons (Fsp3) is 0.562. The highest BCUT2D eigenvalue weighted by atomic mass is 16.5. The molecule has 0 saturated carbocycles. The number of hydrogen-bond donors (Lipinski definition) is 1. The minimum Gasteiger partial charge on any atom is -0.497 e. The zero-order valence-electron chi connectivity index (χ0n) is 12.2. The van der Waals surface area contributed by atoms with Crippen molar-refractivity contribution in [2.45, 2.75) is 44.2 Å². The summed E-state index contributed by atoms with van der Waals surface area (Å²) in [4.78, 5) is 0. The van der Waals surface area contributed by atoms with E-state index >= 15 is 0 Å². The number of benzene rings is 1. The molecule has 1 aromatic rings. The number of rotatable bonds is 5. The van der Waals surface area contributed by atoms with Gasteiger partial charge in [0.05, 0.1) is 25.9 Å². The van der Waals surface area contributed by atoms with Crippen molar-refractivity contribution in [3.63, 3.8) is 0 Å². The molecule has 0 amide bonds. The lowest BCUT2D eigenvalue weighted by atomic mass is 9.86. The Hall–Kier alpha value is -1.73. The first-order valence-corrected chi connectivity index (χ1v) is 7.16. The molecule has 1 aliphatic heterocycles. The minimum absolute atomic E-state index is 0.180. The third-order valence-corrected chi connectivity index (χ3v) is 3.76. The second kappa shape index (κ2) is 6.62. The first kappa shape index (κ1) is 14.7. The average molecular weight is 274 g/mol. The van der Waals surface area contributed by atoms with E-state index in [1.54, 1.807) is 7.11 Å². The van der Waals surface area contributed by atoms with Crippen LogP contribution in [0, 0.1) is 11.3 Å². The Morgan fingerprint density at radius 1 is 1.45 bits per heavy atom. The fourth-order valence-electron chi connectivity index (χ4n) is 2.65. The standard InChI is InChI=1S/C16H22N2O2/c1-3-4-15-11-16(12-17,9-10-20-15)18-13-5-7-14(19-2)8-6-13/h5-8,15,18H,3-4,9-11H2,1-2H3. The van der Waals surface area contributed by atoms with Crippen LogP contribution in [0.1, 0.15) is 32.6 Å². The quantitative estimate of drug-likeness (QED) is 0.894. The Bertz CT molecular complexity index is 464. The highest BCUT2D eigenvalue weighted by molar-refractivity contribution is 5.50. The Labute approximate surface area is 120 Å². The molecule has 0 bridgehead atoms. The van der Waals surface area contributed by atoms with E-state index in [0.29, 0.717) is 6.61 Å². The molecule has 1 aromatic carbocycles. The zero-order chi connectivity index (χ0) is 14.4. The van der Waals surface area contributed by atoms with Gasteiger partial charge in [-0.1, -0.05) is 13.3 Å². The van der Waals surface area contributed by atoms with Gasteiger partial charge in [0.2, 0.25) is 0 Å². The molecule has 4 heteroatoms. The summed E-state index contributed by atoms with van der Waals surface area (Å²) < 4.78 is 10.9. The van der Waals surface area contributed by atoms with Crippen LogP contribution in [0.5, 0.6) is 5.75 Å². The third-order valence-electron chi connectivity index (χ3n) is 3.76. The van der Waals surface area contributed by atoms with Gasteiger partial charge < -0.3 is 14.8 Å². The van der Waals surface area contributed by atoms with Crippen LogP contribution >= 0.6 is 0 Å². The molecule has 1 fully saturated rings. The summed E-state index contributed by atoms with van der Waals surface area (Å²) in [6.07, 6.45) is 3.72. The van der Waals surface area contributed by atoms with E-state index in [2.05, 4.69) is 18.3 Å². The number of hydrogen-bond acceptors (Lipinski definition) is 4. The first-order valence-electron chi connectivity index (χ1n) is 7.16. The number of ether oxygens (including phenoxy) is 2. The maximum Gasteiger partial charge on any atom is 0.130 e. The number of anilines is 1. The highest BCUT2D eigenvalue weighted by Gasteiger charge is 2.36. The summed E-state index contributed by atoms with van der Waals surface area (Å²) in [5, 5.41) is 13.0. The van der Waals surface area contributed by atoms with E-state index < -0.39 is 5.54 Å². The van der Waals surface area contributed by atoms with Crippen molar-refractivity contribution in [1.29, 1.82) is 5.26 Å². The van der Waals surface area contributed by atoms with Crippen molar-refractivity contribution in [2.24, 2.45) is 0 Å². The summed E-state index contributed by atoms with van der Waals surface area (Å²) in [7, 11) is 1.65. The van der Waals surface area contributed by atoms with E-state index in [1.807, 2.05) is 24.3 Å². The van der Waals surface area contributed by atoms with Crippen molar-refractivity contribution in [1.82, 2.24) is 0 Å². The van der Waals surface area contributed by atoms with Crippen LogP contribution < -0.4 is 10.1 Å². The van der Waals surface area contributed by atoms with Gasteiger partial charge in [-0.05, 0) is 30.7 Å². The molecule has 20 heavy (non-hydrogen) atoms. The Kier molecular flexibility index (Phi) is 4.86. The van der Waals surface area contributed by atoms with Crippen molar-refractivity contribution >= 4 is 5.69 Å². The normalized spacial score (nSPS) is 25.8. The monoisotopic (exact) mass is 274 g/mol. The van der Waals surface area contributed by atoms with Gasteiger partial charge in [-0.2, -0.15) is 5.26 Å². The van der Waals surface area contributed by atoms with Gasteiger partial charge in [-0.25, -0.2) is 0 Å². The van der Waals surface area contributed by atoms with Crippen LogP contribution in [0.2, 0.25) is 0 Å². The molecule has 0 aliphatic carbocycles. The molecule has 1 saturated heterocycles. The van der Waals surface area contributed by atoms with Gasteiger partial charge in [-0.15, -0.1) is 0 Å². The van der Waals surface area contributed by atoms with Crippen LogP contribution in [0.15, 0.2) is 24.3 Å². The van der Waals surface area contributed by atoms with Crippen molar-refractivity contribution in [2.75, 3.05) is 19.0 Å². The largest absolute Gasteiger partial charge is 0.497 e. The van der Waals surface area contributed by atoms with Crippen LogP contribution in [0.4, 0.5) is 5.69 Å². The van der Waals surface area contributed by atoms with E-state index in [4.69, 9.17) is 9.47 Å². The molecule has 2 rings (SSSR count). The van der Waals surface area contributed by atoms with E-state index in [9.17, 15) is 5.26 Å². The summed E-state index contributed by atoms with van der Waals surface area (Å²) in [5.41, 5.74) is 0.427. The Balaban J connectivity index is 2.08. The molecule has 108 valence electrons. The lowest BCUT2D eigenvalue weighted by Crippen LogP contribution is -2.45. The topological polar surface area (TPSA) is 54.3 Å². The van der Waals surface area contributed by atoms with Crippen LogP contribution in [0.3, 0.4) is 0 Å². The maximum absolute atomic E-state index is 9.60. The van der Waals surface area contributed by atoms with Crippen molar-refractivity contribution in [3.05, 3.63) is 24.3 Å². The molecular formula is C16H22N2O2. The lowest BCUT2D eigenvalue weighted by molar-refractivity contribution is -0.00614. The van der Waals surface area contributed by atoms with Crippen molar-refractivity contribution < 1.29 is 9.47 Å². The van der Waals surface area contributed by atoms with Crippen LogP contribution in [-0.4, -0.2) is 25.4 Å². The molecule has 1 N–H and O–H groups in total. The first-order chi connectivity index (χ1) is 9.71. The fourth-order valence-corrected chi connectivity index (χ4v) is 2.65. The molecular weight excluding hydrogens is 252 g/mol. The number of nitriles is 1. The maximum atomic E-state index is 9.60. The van der Waals surface area contributed by atoms with E-state index in [-0.39, 0.29) is 6.10 Å². The van der Waals surface area contributed by atoms with Gasteiger partial charge in [0.25, 0.3) is 0 Å². The molecule has 1 heterocycles. The SMILES string of the molecule is CCCC1CC(C#N)(Nc2ccc(OC)cc2)CCO1. The van der Waals surface area contributed by atoms with Gasteiger partial charge in [0, 0.05) is 18.5 Å². The predicted octanol–water partition coefficient (Wildman–Crippen LogP) is 3.35. The number of nitrogens with one attached hydrogen (secondary N) is 1. The molecule has 4 nitrogen and oxygen atoms in total. The Morgan fingerprint density at radius 2 is 2.20 bits per heavy atom. The van der Waals surface area contributed by atoms with E-state index in [0.717, 1.165) is 37.1 Å². The van der Waals surface area contributed by atoms with Crippen LogP contribution in [0.25, 0.3) is 0 Å². The predicted molar refractivity (Wildman–Crippen MR) is 78.8 cm³/mol. The van der Waals surface area contributed by atoms with Gasteiger partial charge in [0.1, 0.15) is 11.3 Å². The molecule has 1 aliphatic rings. The second-order valence-corrected chi connectivity index (χ2v) is 5.28. The summed E-state index contributed by atoms with van der Waals surface area (Å²) in [6, 6.07) is 10.2. The van der Waals surface area contributed by atoms with E-state index in [1.165, 1.54) is 0 Å². The number of nitrogens with zero attached hydrogens (tertiary/aromatic N) is 1. The summed E-state index contributed by atoms with van der Waals surface area (Å²) >= 11 is 0.